The van der Waals surface area contributed by atoms with Crippen LogP contribution in [-0.4, -0.2) is 44.6 Å². The lowest BCUT2D eigenvalue weighted by Gasteiger charge is -2.53. The molecule has 130 valence electrons. The van der Waals surface area contributed by atoms with E-state index in [1.165, 1.54) is 0 Å². The second-order valence-corrected chi connectivity index (χ2v) is 9.37. The maximum absolute atomic E-state index is 11.3. The molecule has 4 N–H and O–H groups in total. The molecule has 0 aliphatic carbocycles. The van der Waals surface area contributed by atoms with Crippen LogP contribution >= 0.6 is 10.6 Å². The number of hydrogen-bond acceptors (Lipinski definition) is 5. The highest BCUT2D eigenvalue weighted by atomic mass is 32.3. The van der Waals surface area contributed by atoms with E-state index < -0.39 is 21.3 Å². The van der Waals surface area contributed by atoms with Gasteiger partial charge in [0, 0.05) is 13.1 Å². The van der Waals surface area contributed by atoms with E-state index in [4.69, 9.17) is 4.74 Å². The molecule has 0 spiro atoms. The first kappa shape index (κ1) is 18.1. The maximum Gasteiger partial charge on any atom is 0.305 e. The van der Waals surface area contributed by atoms with Crippen LogP contribution in [0.4, 0.5) is 0 Å². The van der Waals surface area contributed by atoms with E-state index in [9.17, 15) is 19.0 Å². The summed E-state index contributed by atoms with van der Waals surface area (Å²) in [4.78, 5) is 11.3. The van der Waals surface area contributed by atoms with Crippen molar-refractivity contribution in [2.45, 2.75) is 37.5 Å². The minimum Gasteiger partial charge on any atom is -0.488 e. The zero-order valence-electron chi connectivity index (χ0n) is 13.7. The first-order valence-electron chi connectivity index (χ1n) is 7.53. The Morgan fingerprint density at radius 3 is 2.39 bits per heavy atom. The summed E-state index contributed by atoms with van der Waals surface area (Å²) >= 11 is 0. The van der Waals surface area contributed by atoms with E-state index in [1.807, 2.05) is 20.8 Å². The van der Waals surface area contributed by atoms with Crippen LogP contribution in [0.3, 0.4) is 0 Å². The number of hydrogen-bond donors (Lipinski definition) is 4. The fourth-order valence-electron chi connectivity index (χ4n) is 2.81. The molecule has 1 heterocycles. The number of carboxylic acids is 1. The lowest BCUT2D eigenvalue weighted by Crippen LogP contribution is -2.50. The van der Waals surface area contributed by atoms with E-state index in [-0.39, 0.29) is 24.3 Å². The molecule has 1 fully saturated rings. The van der Waals surface area contributed by atoms with Crippen molar-refractivity contribution in [1.82, 2.24) is 5.32 Å². The summed E-state index contributed by atoms with van der Waals surface area (Å²) in [7, 11) is -3.07. The van der Waals surface area contributed by atoms with E-state index in [0.717, 1.165) is 0 Å². The van der Waals surface area contributed by atoms with Crippen molar-refractivity contribution in [2.75, 3.05) is 18.8 Å². The molecule has 0 saturated carbocycles. The Morgan fingerprint density at radius 1 is 1.30 bits per heavy atom. The number of ether oxygens (including phenoxy) is 1. The topological polar surface area (TPSA) is 99.0 Å². The predicted octanol–water partition coefficient (Wildman–Crippen LogP) is 2.89. The summed E-state index contributed by atoms with van der Waals surface area (Å²) in [5.41, 5.74) is 0.267. The van der Waals surface area contributed by atoms with Crippen molar-refractivity contribution >= 4 is 16.6 Å². The average Bonchev–Trinajstić information content (AvgIpc) is 2.40. The summed E-state index contributed by atoms with van der Waals surface area (Å²) in [6, 6.07) is 6.94. The van der Waals surface area contributed by atoms with Gasteiger partial charge in [-0.25, -0.2) is 0 Å². The third-order valence-corrected chi connectivity index (χ3v) is 6.39. The van der Waals surface area contributed by atoms with Gasteiger partial charge in [-0.05, 0) is 38.5 Å². The normalized spacial score (nSPS) is 25.6. The minimum atomic E-state index is -3.07. The summed E-state index contributed by atoms with van der Waals surface area (Å²) < 4.78 is 25.6. The molecule has 2 rings (SSSR count). The van der Waals surface area contributed by atoms with E-state index in [0.29, 0.717) is 17.9 Å². The fourth-order valence-corrected chi connectivity index (χ4v) is 4.83. The monoisotopic (exact) mass is 343 g/mol. The van der Waals surface area contributed by atoms with Gasteiger partial charge in [0.25, 0.3) is 0 Å². The first-order chi connectivity index (χ1) is 10.6. The summed E-state index contributed by atoms with van der Waals surface area (Å²) in [6.07, 6.45) is -0.332. The van der Waals surface area contributed by atoms with Crippen molar-refractivity contribution in [2.24, 2.45) is 0 Å². The van der Waals surface area contributed by atoms with Crippen LogP contribution in [-0.2, 0) is 9.54 Å². The van der Waals surface area contributed by atoms with Gasteiger partial charge in [0.15, 0.2) is 0 Å². The molecule has 0 aromatic heterocycles. The molecule has 0 radical (unpaired) electrons. The largest absolute Gasteiger partial charge is 0.488 e. The van der Waals surface area contributed by atoms with E-state index >= 15 is 0 Å². The summed E-state index contributed by atoms with van der Waals surface area (Å²) in [5.74, 6) is -0.240. The molecule has 1 aliphatic heterocycles. The van der Waals surface area contributed by atoms with E-state index in [2.05, 4.69) is 5.32 Å². The molecule has 1 saturated heterocycles. The Hall–Kier alpha value is -1.28. The van der Waals surface area contributed by atoms with Gasteiger partial charge in [-0.2, -0.15) is 10.6 Å². The number of nitrogens with one attached hydrogen (secondary N) is 1. The fraction of sp³-hybridized carbons (Fsp3) is 0.562. The van der Waals surface area contributed by atoms with Gasteiger partial charge in [0.1, 0.15) is 16.1 Å². The highest BCUT2D eigenvalue weighted by Crippen LogP contribution is 2.61. The predicted molar refractivity (Wildman–Crippen MR) is 91.3 cm³/mol. The quantitative estimate of drug-likeness (QED) is 0.671. The van der Waals surface area contributed by atoms with Crippen molar-refractivity contribution in [3.05, 3.63) is 29.8 Å². The van der Waals surface area contributed by atoms with Crippen LogP contribution in [0.15, 0.2) is 24.3 Å². The van der Waals surface area contributed by atoms with Gasteiger partial charge in [0.2, 0.25) is 0 Å². The Morgan fingerprint density at radius 2 is 1.91 bits per heavy atom. The Balaban J connectivity index is 2.38. The molecule has 1 unspecified atom stereocenters. The van der Waals surface area contributed by atoms with Gasteiger partial charge >= 0.3 is 5.97 Å². The van der Waals surface area contributed by atoms with Gasteiger partial charge in [0.05, 0.1) is 12.2 Å². The number of benzene rings is 1. The number of carbonyl (C=O) groups is 1. The van der Waals surface area contributed by atoms with Gasteiger partial charge < -0.3 is 15.2 Å². The van der Waals surface area contributed by atoms with Gasteiger partial charge in [-0.3, -0.25) is 13.9 Å². The Bertz CT molecular complexity index is 567. The molecular formula is C16H25NO5S. The lowest BCUT2D eigenvalue weighted by atomic mass is 9.94. The second-order valence-electron chi connectivity index (χ2n) is 6.85. The standard InChI is InChI=1S/C16H25NO5S/c1-15(2,3)22-13-6-4-12(5-7-13)16(10-14(18)19)11-17-8-9-23(16,20)21/h4-7,17,20-21H,8-11H2,1-3H3,(H,18,19). The molecule has 0 bridgehead atoms. The molecular weight excluding hydrogens is 318 g/mol. The third kappa shape index (κ3) is 3.98. The van der Waals surface area contributed by atoms with Crippen molar-refractivity contribution < 1.29 is 23.7 Å². The molecule has 1 aromatic rings. The first-order valence-corrected chi connectivity index (χ1v) is 9.25. The zero-order valence-corrected chi connectivity index (χ0v) is 14.5. The SMILES string of the molecule is CC(C)(C)Oc1ccc(C2(CC(=O)O)CNCCS2(O)O)cc1. The van der Waals surface area contributed by atoms with Crippen LogP contribution in [0.25, 0.3) is 0 Å². The van der Waals surface area contributed by atoms with Crippen molar-refractivity contribution in [3.8, 4) is 5.75 Å². The summed E-state index contributed by atoms with van der Waals surface area (Å²) in [6.45, 7) is 6.51. The van der Waals surface area contributed by atoms with Crippen LogP contribution in [0, 0.1) is 0 Å². The molecule has 1 aliphatic rings. The van der Waals surface area contributed by atoms with Crippen LogP contribution in [0.5, 0.6) is 5.75 Å². The van der Waals surface area contributed by atoms with Gasteiger partial charge in [-0.15, -0.1) is 0 Å². The van der Waals surface area contributed by atoms with Crippen molar-refractivity contribution in [3.63, 3.8) is 0 Å². The van der Waals surface area contributed by atoms with Crippen LogP contribution in [0.1, 0.15) is 32.8 Å². The van der Waals surface area contributed by atoms with Crippen LogP contribution < -0.4 is 10.1 Å². The number of aliphatic carboxylic acids is 1. The molecule has 1 aromatic carbocycles. The van der Waals surface area contributed by atoms with E-state index in [1.54, 1.807) is 24.3 Å². The third-order valence-electron chi connectivity index (χ3n) is 3.84. The average molecular weight is 343 g/mol. The highest BCUT2D eigenvalue weighted by molar-refractivity contribution is 8.25. The zero-order chi connectivity index (χ0) is 17.3. The lowest BCUT2D eigenvalue weighted by molar-refractivity contribution is -0.137. The van der Waals surface area contributed by atoms with Gasteiger partial charge in [-0.1, -0.05) is 12.1 Å². The molecule has 6 nitrogen and oxygen atoms in total. The molecule has 0 amide bonds. The van der Waals surface area contributed by atoms with Crippen LogP contribution in [0.2, 0.25) is 0 Å². The smallest absolute Gasteiger partial charge is 0.305 e. The number of rotatable bonds is 4. The number of carboxylic acid groups (broad SMARTS) is 1. The highest BCUT2D eigenvalue weighted by Gasteiger charge is 2.48. The molecule has 23 heavy (non-hydrogen) atoms. The molecule has 7 heteroatoms. The molecule has 1 atom stereocenters. The second kappa shape index (κ2) is 6.32. The maximum atomic E-state index is 11.3. The Kier molecular flexibility index (Phi) is 4.96. The Labute approximate surface area is 138 Å². The minimum absolute atomic E-state index is 0.153. The van der Waals surface area contributed by atoms with Crippen molar-refractivity contribution in [1.29, 1.82) is 0 Å². The summed E-state index contributed by atoms with van der Waals surface area (Å²) in [5, 5.41) is 12.4.